The number of nitrogens with zero attached hydrogens (tertiary/aromatic N) is 1. The van der Waals surface area contributed by atoms with Crippen LogP contribution in [0, 0.1) is 5.92 Å². The Labute approximate surface area is 115 Å². The molecule has 1 saturated heterocycles. The van der Waals surface area contributed by atoms with E-state index in [4.69, 9.17) is 10.8 Å². The van der Waals surface area contributed by atoms with Gasteiger partial charge in [-0.05, 0) is 12.8 Å². The number of nitrogens with two attached hydrogens (primary N) is 1. The lowest BCUT2D eigenvalue weighted by molar-refractivity contribution is -0.137. The van der Waals surface area contributed by atoms with Crippen LogP contribution in [-0.4, -0.2) is 60.0 Å². The maximum atomic E-state index is 11.8. The molecule has 0 bridgehead atoms. The maximum Gasteiger partial charge on any atom is 0.322 e. The van der Waals surface area contributed by atoms with Gasteiger partial charge in [0.1, 0.15) is 6.54 Å². The predicted molar refractivity (Wildman–Crippen MR) is 67.5 cm³/mol. The zero-order chi connectivity index (χ0) is 15.1. The Morgan fingerprint density at radius 2 is 1.90 bits per heavy atom. The standard InChI is InChI=1S/C11H18N4O5/c12-11(20)15-3-1-2-7(6-15)10(19)14-4-8(16)13-5-9(17)18/h7H,1-6H2,(H2,12,20)(H,13,16)(H,14,19)(H,17,18). The van der Waals surface area contributed by atoms with Crippen LogP contribution < -0.4 is 16.4 Å². The molecule has 1 aliphatic rings. The largest absolute Gasteiger partial charge is 0.480 e. The number of carbonyl (C=O) groups is 4. The highest BCUT2D eigenvalue weighted by Crippen LogP contribution is 2.16. The fourth-order valence-corrected chi connectivity index (χ4v) is 1.94. The summed E-state index contributed by atoms with van der Waals surface area (Å²) >= 11 is 0. The number of hydrogen-bond donors (Lipinski definition) is 4. The van der Waals surface area contributed by atoms with Crippen LogP contribution in [-0.2, 0) is 14.4 Å². The summed E-state index contributed by atoms with van der Waals surface area (Å²) in [7, 11) is 0. The van der Waals surface area contributed by atoms with Gasteiger partial charge in [-0.2, -0.15) is 0 Å². The molecular weight excluding hydrogens is 268 g/mol. The van der Waals surface area contributed by atoms with Gasteiger partial charge >= 0.3 is 12.0 Å². The summed E-state index contributed by atoms with van der Waals surface area (Å²) in [6, 6.07) is -0.568. The van der Waals surface area contributed by atoms with Crippen molar-refractivity contribution in [1.82, 2.24) is 15.5 Å². The van der Waals surface area contributed by atoms with Gasteiger partial charge in [-0.15, -0.1) is 0 Å². The first-order chi connectivity index (χ1) is 9.40. The average molecular weight is 286 g/mol. The molecule has 1 rings (SSSR count). The molecule has 112 valence electrons. The number of carbonyl (C=O) groups excluding carboxylic acids is 3. The van der Waals surface area contributed by atoms with Crippen molar-refractivity contribution in [2.24, 2.45) is 11.7 Å². The SMILES string of the molecule is NC(=O)N1CCCC(C(=O)NCC(=O)NCC(=O)O)C1. The minimum absolute atomic E-state index is 0.234. The molecule has 0 spiro atoms. The second-order valence-electron chi connectivity index (χ2n) is 4.51. The van der Waals surface area contributed by atoms with Gasteiger partial charge in [0, 0.05) is 13.1 Å². The first kappa shape index (κ1) is 15.7. The van der Waals surface area contributed by atoms with Crippen molar-refractivity contribution < 1.29 is 24.3 Å². The molecule has 4 amide bonds. The molecule has 9 nitrogen and oxygen atoms in total. The minimum atomic E-state index is -1.16. The van der Waals surface area contributed by atoms with E-state index >= 15 is 0 Å². The van der Waals surface area contributed by atoms with E-state index in [2.05, 4.69) is 10.6 Å². The minimum Gasteiger partial charge on any atom is -0.480 e. The van der Waals surface area contributed by atoms with E-state index in [1.165, 1.54) is 4.90 Å². The highest BCUT2D eigenvalue weighted by atomic mass is 16.4. The number of hydrogen-bond acceptors (Lipinski definition) is 4. The van der Waals surface area contributed by atoms with Crippen LogP contribution in [0.4, 0.5) is 4.79 Å². The lowest BCUT2D eigenvalue weighted by Crippen LogP contribution is -2.48. The number of amides is 4. The van der Waals surface area contributed by atoms with Gasteiger partial charge in [0.05, 0.1) is 12.5 Å². The van der Waals surface area contributed by atoms with Gasteiger partial charge in [-0.1, -0.05) is 0 Å². The van der Waals surface area contributed by atoms with Crippen molar-refractivity contribution in [3.63, 3.8) is 0 Å². The number of primary amides is 1. The molecular formula is C11H18N4O5. The van der Waals surface area contributed by atoms with E-state index < -0.39 is 30.4 Å². The molecule has 1 aliphatic heterocycles. The summed E-state index contributed by atoms with van der Waals surface area (Å²) in [4.78, 5) is 45.7. The molecule has 1 unspecified atom stereocenters. The lowest BCUT2D eigenvalue weighted by atomic mass is 9.97. The Bertz CT molecular complexity index is 412. The Balaban J connectivity index is 2.33. The Morgan fingerprint density at radius 1 is 1.20 bits per heavy atom. The van der Waals surface area contributed by atoms with Crippen molar-refractivity contribution in [3.05, 3.63) is 0 Å². The molecule has 5 N–H and O–H groups in total. The highest BCUT2D eigenvalue weighted by Gasteiger charge is 2.27. The van der Waals surface area contributed by atoms with E-state index in [1.807, 2.05) is 0 Å². The Hall–Kier alpha value is -2.32. The van der Waals surface area contributed by atoms with Crippen LogP contribution >= 0.6 is 0 Å². The summed E-state index contributed by atoms with van der Waals surface area (Å²) in [6.45, 7) is -0.0249. The summed E-state index contributed by atoms with van der Waals surface area (Å²) in [5.41, 5.74) is 5.16. The number of carboxylic acids is 1. The Morgan fingerprint density at radius 3 is 2.50 bits per heavy atom. The average Bonchev–Trinajstić information content (AvgIpc) is 2.42. The van der Waals surface area contributed by atoms with Crippen molar-refractivity contribution in [2.45, 2.75) is 12.8 Å². The molecule has 1 atom stereocenters. The van der Waals surface area contributed by atoms with Gasteiger partial charge in [-0.3, -0.25) is 14.4 Å². The molecule has 0 aromatic rings. The molecule has 0 aliphatic carbocycles. The van der Waals surface area contributed by atoms with Gasteiger partial charge in [0.25, 0.3) is 0 Å². The first-order valence-corrected chi connectivity index (χ1v) is 6.20. The number of likely N-dealkylation sites (tertiary alicyclic amines) is 1. The third-order valence-electron chi connectivity index (χ3n) is 2.96. The third kappa shape index (κ3) is 5.12. The van der Waals surface area contributed by atoms with E-state index in [9.17, 15) is 19.2 Å². The lowest BCUT2D eigenvalue weighted by Gasteiger charge is -2.30. The molecule has 9 heteroatoms. The molecule has 0 saturated carbocycles. The number of aliphatic carboxylic acids is 1. The van der Waals surface area contributed by atoms with E-state index in [0.717, 1.165) is 0 Å². The number of rotatable bonds is 5. The molecule has 1 fully saturated rings. The zero-order valence-corrected chi connectivity index (χ0v) is 10.9. The topological polar surface area (TPSA) is 142 Å². The molecule has 1 heterocycles. The van der Waals surface area contributed by atoms with E-state index in [0.29, 0.717) is 19.4 Å². The molecule has 0 radical (unpaired) electrons. The van der Waals surface area contributed by atoms with Crippen LogP contribution in [0.2, 0.25) is 0 Å². The predicted octanol–water partition coefficient (Wildman–Crippen LogP) is -1.91. The highest BCUT2D eigenvalue weighted by molar-refractivity contribution is 5.87. The smallest absolute Gasteiger partial charge is 0.322 e. The number of piperidine rings is 1. The monoisotopic (exact) mass is 286 g/mol. The van der Waals surface area contributed by atoms with Crippen molar-refractivity contribution in [3.8, 4) is 0 Å². The van der Waals surface area contributed by atoms with Gasteiger partial charge in [-0.25, -0.2) is 4.79 Å². The Kier molecular flexibility index (Phi) is 5.75. The maximum absolute atomic E-state index is 11.8. The number of nitrogens with one attached hydrogen (secondary N) is 2. The fraction of sp³-hybridized carbons (Fsp3) is 0.636. The quantitative estimate of drug-likeness (QED) is 0.466. The van der Waals surface area contributed by atoms with Crippen molar-refractivity contribution in [2.75, 3.05) is 26.2 Å². The van der Waals surface area contributed by atoms with Crippen molar-refractivity contribution >= 4 is 23.8 Å². The van der Waals surface area contributed by atoms with Crippen molar-refractivity contribution in [1.29, 1.82) is 0 Å². The van der Waals surface area contributed by atoms with E-state index in [1.54, 1.807) is 0 Å². The summed E-state index contributed by atoms with van der Waals surface area (Å²) in [5, 5.41) is 12.9. The molecule has 0 aromatic heterocycles. The fourth-order valence-electron chi connectivity index (χ4n) is 1.94. The van der Waals surface area contributed by atoms with Crippen LogP contribution in [0.3, 0.4) is 0 Å². The second kappa shape index (κ2) is 7.31. The van der Waals surface area contributed by atoms with Crippen LogP contribution in [0.5, 0.6) is 0 Å². The first-order valence-electron chi connectivity index (χ1n) is 6.20. The summed E-state index contributed by atoms with van der Waals surface area (Å²) in [6.07, 6.45) is 1.29. The van der Waals surface area contributed by atoms with Crippen LogP contribution in [0.1, 0.15) is 12.8 Å². The van der Waals surface area contributed by atoms with E-state index in [-0.39, 0.29) is 19.0 Å². The molecule has 0 aromatic carbocycles. The third-order valence-corrected chi connectivity index (χ3v) is 2.96. The molecule has 20 heavy (non-hydrogen) atoms. The van der Waals surface area contributed by atoms with Gasteiger partial charge < -0.3 is 26.4 Å². The van der Waals surface area contributed by atoms with Gasteiger partial charge in [0.15, 0.2) is 0 Å². The second-order valence-corrected chi connectivity index (χ2v) is 4.51. The van der Waals surface area contributed by atoms with Crippen LogP contribution in [0.25, 0.3) is 0 Å². The number of urea groups is 1. The van der Waals surface area contributed by atoms with Gasteiger partial charge in [0.2, 0.25) is 11.8 Å². The summed E-state index contributed by atoms with van der Waals surface area (Å²) < 4.78 is 0. The normalized spacial score (nSPS) is 18.2. The summed E-state index contributed by atoms with van der Waals surface area (Å²) in [5.74, 6) is -2.48. The zero-order valence-electron chi connectivity index (χ0n) is 10.9. The van der Waals surface area contributed by atoms with Crippen LogP contribution in [0.15, 0.2) is 0 Å². The number of carboxylic acid groups (broad SMARTS) is 1.